The van der Waals surface area contributed by atoms with Crippen molar-refractivity contribution in [1.82, 2.24) is 19.9 Å². The molecule has 0 unspecified atom stereocenters. The van der Waals surface area contributed by atoms with E-state index < -0.39 is 5.82 Å². The Bertz CT molecular complexity index is 1240. The van der Waals surface area contributed by atoms with E-state index in [0.29, 0.717) is 33.4 Å². The predicted molar refractivity (Wildman–Crippen MR) is 113 cm³/mol. The number of anilines is 2. The molecule has 0 bridgehead atoms. The molecule has 4 aromatic rings. The Morgan fingerprint density at radius 3 is 2.83 bits per heavy atom. The average molecular weight is 449 g/mol. The number of hydrogen-bond acceptors (Lipinski definition) is 7. The third-order valence-corrected chi connectivity index (χ3v) is 5.20. The molecule has 0 fully saturated rings. The molecule has 0 amide bonds. The van der Waals surface area contributed by atoms with Crippen LogP contribution in [-0.4, -0.2) is 25.0 Å². The summed E-state index contributed by atoms with van der Waals surface area (Å²) in [7, 11) is 0. The standard InChI is InChI=1S/C18H10ClFN6OS.ClH/c1-21-13-5-9(20)4-11(19)15(13)18-25-12-2-3-22-17(16(12)28-18)26-14-6-10(7-27)23-8-24-14;/h2-6,8,27H,7H2,(H,22,23,24,26);1H. The first kappa shape index (κ1) is 20.8. The van der Waals surface area contributed by atoms with E-state index in [4.69, 9.17) is 18.2 Å². The number of thiazole rings is 1. The molecule has 29 heavy (non-hydrogen) atoms. The van der Waals surface area contributed by atoms with Crippen molar-refractivity contribution in [2.45, 2.75) is 6.61 Å². The van der Waals surface area contributed by atoms with Gasteiger partial charge >= 0.3 is 0 Å². The van der Waals surface area contributed by atoms with Gasteiger partial charge in [-0.1, -0.05) is 11.6 Å². The Labute approximate surface area is 179 Å². The number of pyridine rings is 1. The van der Waals surface area contributed by atoms with Gasteiger partial charge in [0, 0.05) is 22.8 Å². The van der Waals surface area contributed by atoms with E-state index in [0.717, 1.165) is 16.8 Å². The second-order valence-corrected chi connectivity index (χ2v) is 7.00. The molecular formula is C18H11Cl2FN6OS. The van der Waals surface area contributed by atoms with Crippen molar-refractivity contribution in [3.8, 4) is 10.6 Å². The van der Waals surface area contributed by atoms with Crippen molar-refractivity contribution in [3.05, 3.63) is 64.7 Å². The number of nitrogens with one attached hydrogen (secondary N) is 1. The van der Waals surface area contributed by atoms with Gasteiger partial charge in [-0.05, 0) is 18.2 Å². The topological polar surface area (TPSA) is 88.2 Å². The van der Waals surface area contributed by atoms with E-state index in [2.05, 4.69) is 30.1 Å². The summed E-state index contributed by atoms with van der Waals surface area (Å²) < 4.78 is 14.3. The number of benzene rings is 1. The molecule has 3 heterocycles. The van der Waals surface area contributed by atoms with Crippen LogP contribution in [0.5, 0.6) is 0 Å². The lowest BCUT2D eigenvalue weighted by Crippen LogP contribution is -1.99. The molecule has 4 rings (SSSR count). The van der Waals surface area contributed by atoms with Gasteiger partial charge in [-0.25, -0.2) is 29.2 Å². The molecule has 0 saturated carbocycles. The molecule has 3 aromatic heterocycles. The minimum atomic E-state index is -0.576. The number of fused-ring (bicyclic) bond motifs is 1. The minimum absolute atomic E-state index is 0. The number of aliphatic hydroxyl groups is 1. The maximum Gasteiger partial charge on any atom is 0.201 e. The zero-order chi connectivity index (χ0) is 19.7. The molecule has 0 spiro atoms. The van der Waals surface area contributed by atoms with E-state index in [9.17, 15) is 9.50 Å². The quantitative estimate of drug-likeness (QED) is 0.419. The zero-order valence-corrected chi connectivity index (χ0v) is 16.8. The summed E-state index contributed by atoms with van der Waals surface area (Å²) in [5.74, 6) is 0.399. The number of hydrogen-bond donors (Lipinski definition) is 2. The van der Waals surface area contributed by atoms with Crippen molar-refractivity contribution in [2.24, 2.45) is 0 Å². The molecule has 0 aliphatic rings. The van der Waals surface area contributed by atoms with Crippen molar-refractivity contribution in [2.75, 3.05) is 5.32 Å². The summed E-state index contributed by atoms with van der Waals surface area (Å²) in [6.07, 6.45) is 2.93. The first-order chi connectivity index (χ1) is 13.6. The Kier molecular flexibility index (Phi) is 6.20. The Balaban J connectivity index is 0.00000240. The number of aromatic nitrogens is 4. The fourth-order valence-corrected chi connectivity index (χ4v) is 4.00. The fraction of sp³-hybridized carbons (Fsp3) is 0.0556. The highest BCUT2D eigenvalue weighted by atomic mass is 35.5. The number of rotatable bonds is 4. The van der Waals surface area contributed by atoms with Crippen molar-refractivity contribution in [1.29, 1.82) is 0 Å². The summed E-state index contributed by atoms with van der Waals surface area (Å²) in [5.41, 5.74) is 1.59. The maximum absolute atomic E-state index is 13.6. The maximum atomic E-state index is 13.6. The molecule has 7 nitrogen and oxygen atoms in total. The van der Waals surface area contributed by atoms with Crippen LogP contribution in [0.1, 0.15) is 5.69 Å². The third-order valence-electron chi connectivity index (χ3n) is 3.81. The Morgan fingerprint density at radius 2 is 2.07 bits per heavy atom. The summed E-state index contributed by atoms with van der Waals surface area (Å²) >= 11 is 7.47. The van der Waals surface area contributed by atoms with Gasteiger partial charge in [0.1, 0.15) is 23.0 Å². The SMILES string of the molecule is Cl.[C-]#[N+]c1cc(F)cc(Cl)c1-c1nc2ccnc(Nc3cc(CO)ncn3)c2s1. The number of nitrogens with zero attached hydrogens (tertiary/aromatic N) is 5. The molecule has 1 aromatic carbocycles. The second-order valence-electron chi connectivity index (χ2n) is 5.60. The monoisotopic (exact) mass is 448 g/mol. The highest BCUT2D eigenvalue weighted by Crippen LogP contribution is 2.42. The minimum Gasteiger partial charge on any atom is -0.390 e. The van der Waals surface area contributed by atoms with E-state index in [-0.39, 0.29) is 29.7 Å². The molecule has 0 saturated heterocycles. The van der Waals surface area contributed by atoms with Crippen LogP contribution in [0.3, 0.4) is 0 Å². The molecule has 0 aliphatic heterocycles. The molecule has 11 heteroatoms. The molecule has 0 aliphatic carbocycles. The second kappa shape index (κ2) is 8.63. The van der Waals surface area contributed by atoms with Gasteiger partial charge in [-0.15, -0.1) is 23.7 Å². The van der Waals surface area contributed by atoms with Gasteiger partial charge in [-0.3, -0.25) is 0 Å². The molecule has 146 valence electrons. The molecule has 0 radical (unpaired) electrons. The highest BCUT2D eigenvalue weighted by molar-refractivity contribution is 7.22. The first-order valence-electron chi connectivity index (χ1n) is 7.90. The lowest BCUT2D eigenvalue weighted by Gasteiger charge is -2.05. The van der Waals surface area contributed by atoms with Crippen LogP contribution >= 0.6 is 35.3 Å². The van der Waals surface area contributed by atoms with Crippen LogP contribution < -0.4 is 5.32 Å². The largest absolute Gasteiger partial charge is 0.390 e. The summed E-state index contributed by atoms with van der Waals surface area (Å²) in [5, 5.41) is 12.9. The van der Waals surface area contributed by atoms with Gasteiger partial charge in [-0.2, -0.15) is 0 Å². The molecule has 2 N–H and O–H groups in total. The van der Waals surface area contributed by atoms with Crippen LogP contribution in [0.4, 0.5) is 21.7 Å². The first-order valence-corrected chi connectivity index (χ1v) is 9.09. The van der Waals surface area contributed by atoms with Gasteiger partial charge in [0.25, 0.3) is 0 Å². The summed E-state index contributed by atoms with van der Waals surface area (Å²) in [4.78, 5) is 20.3. The van der Waals surface area contributed by atoms with Gasteiger partial charge in [0.05, 0.1) is 29.1 Å². The van der Waals surface area contributed by atoms with Crippen molar-refractivity contribution >= 4 is 62.9 Å². The van der Waals surface area contributed by atoms with Crippen LogP contribution in [0.15, 0.2) is 36.8 Å². The number of halogens is 3. The van der Waals surface area contributed by atoms with Gasteiger partial charge < -0.3 is 10.4 Å². The van der Waals surface area contributed by atoms with Crippen LogP contribution in [0.2, 0.25) is 5.02 Å². The summed E-state index contributed by atoms with van der Waals surface area (Å²) in [6, 6.07) is 5.63. The smallest absolute Gasteiger partial charge is 0.201 e. The zero-order valence-electron chi connectivity index (χ0n) is 14.4. The molecular weight excluding hydrogens is 438 g/mol. The van der Waals surface area contributed by atoms with E-state index >= 15 is 0 Å². The molecule has 0 atom stereocenters. The average Bonchev–Trinajstić information content (AvgIpc) is 3.12. The Hall–Kier alpha value is -2.90. The van der Waals surface area contributed by atoms with Gasteiger partial charge in [0.15, 0.2) is 5.82 Å². The van der Waals surface area contributed by atoms with Crippen LogP contribution in [0.25, 0.3) is 25.6 Å². The number of aliphatic hydroxyl groups excluding tert-OH is 1. The van der Waals surface area contributed by atoms with E-state index in [1.165, 1.54) is 17.7 Å². The van der Waals surface area contributed by atoms with Crippen molar-refractivity contribution in [3.63, 3.8) is 0 Å². The lowest BCUT2D eigenvalue weighted by molar-refractivity contribution is 0.276. The highest BCUT2D eigenvalue weighted by Gasteiger charge is 2.18. The van der Waals surface area contributed by atoms with Gasteiger partial charge in [0.2, 0.25) is 5.69 Å². The van der Waals surface area contributed by atoms with Crippen molar-refractivity contribution < 1.29 is 9.50 Å². The van der Waals surface area contributed by atoms with Crippen LogP contribution in [0, 0.1) is 12.4 Å². The normalized spacial score (nSPS) is 10.4. The fourth-order valence-electron chi connectivity index (χ4n) is 2.59. The summed E-state index contributed by atoms with van der Waals surface area (Å²) in [6.45, 7) is 7.10. The van der Waals surface area contributed by atoms with E-state index in [1.807, 2.05) is 0 Å². The predicted octanol–water partition coefficient (Wildman–Crippen LogP) is 5.15. The van der Waals surface area contributed by atoms with Crippen LogP contribution in [-0.2, 0) is 6.61 Å². The lowest BCUT2D eigenvalue weighted by atomic mass is 10.2. The Morgan fingerprint density at radius 1 is 1.24 bits per heavy atom. The third kappa shape index (κ3) is 4.11. The van der Waals surface area contributed by atoms with E-state index in [1.54, 1.807) is 18.3 Å².